The summed E-state index contributed by atoms with van der Waals surface area (Å²) in [6, 6.07) is 13.8. The molecule has 0 aliphatic rings. The van der Waals surface area contributed by atoms with E-state index in [0.717, 1.165) is 39.7 Å². The number of aryl methyl sites for hydroxylation is 2. The Balaban J connectivity index is 1.43. The molecule has 2 amide bonds. The minimum atomic E-state index is -1.45. The molecular weight excluding hydrogens is 516 g/mol. The summed E-state index contributed by atoms with van der Waals surface area (Å²) in [7, 11) is 0. The molecule has 4 aromatic rings. The Morgan fingerprint density at radius 2 is 1.70 bits per heavy atom. The van der Waals surface area contributed by atoms with Crippen molar-refractivity contribution in [2.45, 2.75) is 18.2 Å². The molecule has 0 atom stereocenters. The van der Waals surface area contributed by atoms with Crippen LogP contribution in [0.1, 0.15) is 31.8 Å². The van der Waals surface area contributed by atoms with Crippen LogP contribution < -0.4 is 10.6 Å². The Morgan fingerprint density at radius 3 is 2.41 bits per heavy atom. The van der Waals surface area contributed by atoms with Crippen LogP contribution in [0.2, 0.25) is 0 Å². The van der Waals surface area contributed by atoms with Crippen LogP contribution in [0, 0.1) is 24.0 Å². The number of carbonyl (C=O) groups is 3. The molecule has 1 heterocycles. The minimum Gasteiger partial charge on any atom is -0.478 e. The number of carboxylic acid groups (broad SMARTS) is 1. The summed E-state index contributed by atoms with van der Waals surface area (Å²) in [6.45, 7) is 3.98. The fourth-order valence-electron chi connectivity index (χ4n) is 3.41. The molecule has 0 aliphatic carbocycles. The monoisotopic (exact) mass is 536 g/mol. The van der Waals surface area contributed by atoms with Crippen molar-refractivity contribution in [3.05, 3.63) is 87.0 Å². The number of hydrogen-bond donors (Lipinski definition) is 3. The van der Waals surface area contributed by atoms with Crippen LogP contribution in [-0.2, 0) is 4.79 Å². The van der Waals surface area contributed by atoms with Crippen LogP contribution in [0.3, 0.4) is 0 Å². The lowest BCUT2D eigenvalue weighted by molar-refractivity contribution is -0.384. The van der Waals surface area contributed by atoms with Crippen LogP contribution in [0.25, 0.3) is 10.2 Å². The van der Waals surface area contributed by atoms with Gasteiger partial charge in [-0.2, -0.15) is 0 Å². The van der Waals surface area contributed by atoms with Crippen molar-refractivity contribution in [1.82, 2.24) is 4.98 Å². The molecular formula is C25H20N4O6S2. The van der Waals surface area contributed by atoms with Gasteiger partial charge in [0.25, 0.3) is 11.6 Å². The van der Waals surface area contributed by atoms with E-state index >= 15 is 0 Å². The molecule has 188 valence electrons. The number of carboxylic acids is 1. The lowest BCUT2D eigenvalue weighted by Crippen LogP contribution is -2.16. The maximum Gasteiger partial charge on any atom is 0.336 e. The molecule has 0 unspecified atom stereocenters. The molecule has 0 fully saturated rings. The number of rotatable bonds is 8. The maximum absolute atomic E-state index is 12.7. The molecule has 12 heteroatoms. The van der Waals surface area contributed by atoms with Crippen LogP contribution in [0.15, 0.2) is 58.9 Å². The summed E-state index contributed by atoms with van der Waals surface area (Å²) < 4.78 is 1.44. The summed E-state index contributed by atoms with van der Waals surface area (Å²) in [5, 5.41) is 25.8. The highest BCUT2D eigenvalue weighted by molar-refractivity contribution is 8.01. The molecule has 0 spiro atoms. The van der Waals surface area contributed by atoms with E-state index in [1.54, 1.807) is 18.2 Å². The number of aromatic nitrogens is 1. The van der Waals surface area contributed by atoms with Gasteiger partial charge in [0.2, 0.25) is 5.91 Å². The van der Waals surface area contributed by atoms with Gasteiger partial charge in [0.15, 0.2) is 4.34 Å². The third kappa shape index (κ3) is 6.11. The number of non-ortho nitro benzene ring substituents is 1. The molecule has 0 bridgehead atoms. The van der Waals surface area contributed by atoms with E-state index < -0.39 is 28.1 Å². The van der Waals surface area contributed by atoms with E-state index in [0.29, 0.717) is 15.5 Å². The number of anilines is 2. The second-order valence-electron chi connectivity index (χ2n) is 8.04. The first-order chi connectivity index (χ1) is 17.6. The number of nitrogens with one attached hydrogen (secondary N) is 2. The number of thiazole rings is 1. The van der Waals surface area contributed by atoms with Gasteiger partial charge in [0, 0.05) is 23.5 Å². The van der Waals surface area contributed by atoms with Crippen molar-refractivity contribution in [1.29, 1.82) is 0 Å². The summed E-state index contributed by atoms with van der Waals surface area (Å²) in [4.78, 5) is 51.3. The van der Waals surface area contributed by atoms with E-state index in [1.165, 1.54) is 23.1 Å². The quantitative estimate of drug-likeness (QED) is 0.152. The summed E-state index contributed by atoms with van der Waals surface area (Å²) in [5.74, 6) is -2.14. The third-order valence-electron chi connectivity index (χ3n) is 5.43. The zero-order chi connectivity index (χ0) is 26.7. The number of carbonyl (C=O) groups excluding carboxylic acids is 2. The van der Waals surface area contributed by atoms with Crippen LogP contribution in [0.5, 0.6) is 0 Å². The first-order valence-electron chi connectivity index (χ1n) is 10.8. The minimum absolute atomic E-state index is 0.155. The van der Waals surface area contributed by atoms with Crippen LogP contribution in [-0.4, -0.2) is 38.6 Å². The molecule has 37 heavy (non-hydrogen) atoms. The molecule has 0 aliphatic heterocycles. The zero-order valence-corrected chi connectivity index (χ0v) is 21.2. The molecule has 0 saturated heterocycles. The Morgan fingerprint density at radius 1 is 0.973 bits per heavy atom. The fourth-order valence-corrected chi connectivity index (χ4v) is 5.31. The van der Waals surface area contributed by atoms with Crippen molar-refractivity contribution in [2.24, 2.45) is 0 Å². The number of aromatic carboxylic acids is 1. The van der Waals surface area contributed by atoms with Crippen LogP contribution >= 0.6 is 23.1 Å². The van der Waals surface area contributed by atoms with E-state index in [9.17, 15) is 29.6 Å². The predicted octanol–water partition coefficient (Wildman–Crippen LogP) is 5.50. The van der Waals surface area contributed by atoms with Gasteiger partial charge in [-0.15, -0.1) is 11.3 Å². The van der Waals surface area contributed by atoms with Gasteiger partial charge >= 0.3 is 5.97 Å². The van der Waals surface area contributed by atoms with Crippen LogP contribution in [0.4, 0.5) is 17.1 Å². The van der Waals surface area contributed by atoms with Crippen molar-refractivity contribution >= 4 is 68.2 Å². The van der Waals surface area contributed by atoms with Crippen molar-refractivity contribution < 1.29 is 24.4 Å². The van der Waals surface area contributed by atoms with E-state index in [2.05, 4.69) is 15.6 Å². The number of thioether (sulfide) groups is 1. The first kappa shape index (κ1) is 25.8. The molecule has 10 nitrogen and oxygen atoms in total. The lowest BCUT2D eigenvalue weighted by Gasteiger charge is -2.08. The Bertz CT molecular complexity index is 1570. The normalized spacial score (nSPS) is 10.8. The SMILES string of the molecule is Cc1ccc(NC(=O)CSc2nc3ccc(NC(=O)c4ccc([N+](=O)[O-])cc4C(=O)O)cc3s2)cc1C. The number of nitro benzene ring substituents is 1. The predicted molar refractivity (Wildman–Crippen MR) is 143 cm³/mol. The van der Waals surface area contributed by atoms with Gasteiger partial charge in [-0.1, -0.05) is 17.8 Å². The summed E-state index contributed by atoms with van der Waals surface area (Å²) in [6.07, 6.45) is 0. The highest BCUT2D eigenvalue weighted by Gasteiger charge is 2.21. The average Bonchev–Trinajstić information content (AvgIpc) is 3.27. The first-order valence-corrected chi connectivity index (χ1v) is 12.6. The average molecular weight is 537 g/mol. The van der Waals surface area contributed by atoms with Gasteiger partial charge in [-0.05, 0) is 61.4 Å². The highest BCUT2D eigenvalue weighted by atomic mass is 32.2. The molecule has 0 radical (unpaired) electrons. The van der Waals surface area contributed by atoms with E-state index in [1.807, 2.05) is 32.0 Å². The third-order valence-corrected chi connectivity index (χ3v) is 7.59. The van der Waals surface area contributed by atoms with E-state index in [4.69, 9.17) is 0 Å². The number of amides is 2. The van der Waals surface area contributed by atoms with Gasteiger partial charge in [0.05, 0.1) is 32.0 Å². The highest BCUT2D eigenvalue weighted by Crippen LogP contribution is 2.32. The van der Waals surface area contributed by atoms with Gasteiger partial charge < -0.3 is 15.7 Å². The fraction of sp³-hybridized carbons (Fsp3) is 0.120. The second-order valence-corrected chi connectivity index (χ2v) is 10.3. The molecule has 3 N–H and O–H groups in total. The lowest BCUT2D eigenvalue weighted by atomic mass is 10.1. The molecule has 0 saturated carbocycles. The van der Waals surface area contributed by atoms with Crippen molar-refractivity contribution in [3.63, 3.8) is 0 Å². The zero-order valence-electron chi connectivity index (χ0n) is 19.6. The number of nitro groups is 1. The largest absolute Gasteiger partial charge is 0.478 e. The smallest absolute Gasteiger partial charge is 0.336 e. The maximum atomic E-state index is 12.7. The number of benzene rings is 3. The second kappa shape index (κ2) is 10.8. The van der Waals surface area contributed by atoms with Gasteiger partial charge in [-0.3, -0.25) is 19.7 Å². The van der Waals surface area contributed by atoms with E-state index in [-0.39, 0.29) is 17.2 Å². The number of hydrogen-bond acceptors (Lipinski definition) is 8. The standard InChI is InChI=1S/C25H20N4O6S2/c1-13-3-4-15(9-14(13)2)26-22(30)12-36-25-28-20-8-5-16(10-21(20)37-25)27-23(31)18-7-6-17(29(34)35)11-19(18)24(32)33/h3-11H,12H2,1-2H3,(H,26,30)(H,27,31)(H,32,33). The molecule has 3 aromatic carbocycles. The van der Waals surface area contributed by atoms with Gasteiger partial charge in [-0.25, -0.2) is 9.78 Å². The summed E-state index contributed by atoms with van der Waals surface area (Å²) >= 11 is 2.65. The molecule has 4 rings (SSSR count). The number of fused-ring (bicyclic) bond motifs is 1. The topological polar surface area (TPSA) is 152 Å². The Hall–Kier alpha value is -4.29. The Labute approximate surface area is 218 Å². The molecule has 1 aromatic heterocycles. The van der Waals surface area contributed by atoms with Crippen molar-refractivity contribution in [3.8, 4) is 0 Å². The number of nitrogens with zero attached hydrogens (tertiary/aromatic N) is 2. The van der Waals surface area contributed by atoms with Gasteiger partial charge in [0.1, 0.15) is 0 Å². The Kier molecular flexibility index (Phi) is 7.50. The summed E-state index contributed by atoms with van der Waals surface area (Å²) in [5.41, 5.74) is 2.96. The van der Waals surface area contributed by atoms with Crippen molar-refractivity contribution in [2.75, 3.05) is 16.4 Å².